The van der Waals surface area contributed by atoms with Gasteiger partial charge in [-0.1, -0.05) is 39.3 Å². The van der Waals surface area contributed by atoms with Gasteiger partial charge in [0.15, 0.2) is 0 Å². The van der Waals surface area contributed by atoms with Gasteiger partial charge in [-0.2, -0.15) is 0 Å². The Hall–Kier alpha value is -1.43. The molecule has 166 valence electrons. The molecule has 0 radical (unpaired) electrons. The highest BCUT2D eigenvalue weighted by molar-refractivity contribution is 5.92. The van der Waals surface area contributed by atoms with Crippen molar-refractivity contribution in [2.24, 2.45) is 0 Å². The van der Waals surface area contributed by atoms with Crippen molar-refractivity contribution in [3.63, 3.8) is 0 Å². The van der Waals surface area contributed by atoms with Crippen molar-refractivity contribution >= 4 is 11.6 Å². The second kappa shape index (κ2) is 12.3. The minimum atomic E-state index is -0.256. The predicted octanol–water partition coefficient (Wildman–Crippen LogP) is 5.12. The number of ether oxygens (including phenoxy) is 2. The zero-order valence-electron chi connectivity index (χ0n) is 19.6. The maximum absolute atomic E-state index is 12.1. The molecule has 0 fully saturated rings. The maximum atomic E-state index is 12.1. The molecule has 5 nitrogen and oxygen atoms in total. The van der Waals surface area contributed by atoms with Gasteiger partial charge in [-0.3, -0.25) is 4.79 Å². The average molecular weight is 407 g/mol. The number of carbonyl (C=O) groups is 1. The van der Waals surface area contributed by atoms with Crippen LogP contribution < -0.4 is 10.6 Å². The fraction of sp³-hybridized carbons (Fsp3) is 0.708. The molecule has 0 saturated carbocycles. The molecule has 29 heavy (non-hydrogen) atoms. The van der Waals surface area contributed by atoms with Crippen LogP contribution in [0.25, 0.3) is 0 Å². The van der Waals surface area contributed by atoms with Crippen molar-refractivity contribution in [2.75, 3.05) is 31.6 Å². The summed E-state index contributed by atoms with van der Waals surface area (Å²) in [6, 6.07) is 8.02. The number of nitrogens with one attached hydrogen (secondary N) is 2. The number of rotatable bonds is 14. The van der Waals surface area contributed by atoms with Crippen LogP contribution in [-0.4, -0.2) is 43.4 Å². The Morgan fingerprint density at radius 2 is 1.52 bits per heavy atom. The fourth-order valence-corrected chi connectivity index (χ4v) is 3.13. The third kappa shape index (κ3) is 11.4. The van der Waals surface area contributed by atoms with Gasteiger partial charge in [0.25, 0.3) is 0 Å². The lowest BCUT2D eigenvalue weighted by Gasteiger charge is -2.28. The average Bonchev–Trinajstić information content (AvgIpc) is 2.63. The summed E-state index contributed by atoms with van der Waals surface area (Å²) in [5.41, 5.74) is 1.75. The summed E-state index contributed by atoms with van der Waals surface area (Å²) in [5, 5.41) is 6.12. The number of hydrogen-bond acceptors (Lipinski definition) is 4. The molecule has 0 spiro atoms. The van der Waals surface area contributed by atoms with Gasteiger partial charge in [0.2, 0.25) is 5.91 Å². The molecule has 0 atom stereocenters. The van der Waals surface area contributed by atoms with Crippen LogP contribution in [-0.2, 0) is 14.3 Å². The zero-order chi connectivity index (χ0) is 21.9. The van der Waals surface area contributed by atoms with Gasteiger partial charge in [0.05, 0.1) is 31.0 Å². The number of hydrogen-bond donors (Lipinski definition) is 2. The van der Waals surface area contributed by atoms with Crippen LogP contribution in [0.4, 0.5) is 5.69 Å². The molecule has 1 amide bonds. The number of anilines is 1. The normalized spacial score (nSPS) is 12.4. The third-order valence-corrected chi connectivity index (χ3v) is 4.97. The molecular weight excluding hydrogens is 364 g/mol. The van der Waals surface area contributed by atoms with E-state index >= 15 is 0 Å². The van der Waals surface area contributed by atoms with Crippen LogP contribution in [0.5, 0.6) is 0 Å². The summed E-state index contributed by atoms with van der Waals surface area (Å²) >= 11 is 0. The van der Waals surface area contributed by atoms with Gasteiger partial charge in [-0.25, -0.2) is 0 Å². The fourth-order valence-electron chi connectivity index (χ4n) is 3.13. The van der Waals surface area contributed by atoms with Crippen molar-refractivity contribution in [1.82, 2.24) is 5.32 Å². The molecule has 1 aromatic carbocycles. The van der Waals surface area contributed by atoms with E-state index in [0.717, 1.165) is 31.5 Å². The highest BCUT2D eigenvalue weighted by Crippen LogP contribution is 2.18. The molecule has 0 unspecified atom stereocenters. The van der Waals surface area contributed by atoms with E-state index in [-0.39, 0.29) is 23.7 Å². The largest absolute Gasteiger partial charge is 0.373 e. The topological polar surface area (TPSA) is 59.6 Å². The SMILES string of the molecule is CCCC(C)(C)OCCOC(C)(C)CCNCC(=O)Nc1ccc(C(C)C)cc1. The lowest BCUT2D eigenvalue weighted by molar-refractivity contribution is -0.115. The summed E-state index contributed by atoms with van der Waals surface area (Å²) in [5.74, 6) is 0.453. The number of amides is 1. The van der Waals surface area contributed by atoms with Crippen LogP contribution in [0.2, 0.25) is 0 Å². The first-order chi connectivity index (χ1) is 13.5. The van der Waals surface area contributed by atoms with Gasteiger partial charge >= 0.3 is 0 Å². The van der Waals surface area contributed by atoms with Crippen LogP contribution >= 0.6 is 0 Å². The monoisotopic (exact) mass is 406 g/mol. The first-order valence-corrected chi connectivity index (χ1v) is 10.9. The minimum absolute atomic E-state index is 0.0347. The Kier molecular flexibility index (Phi) is 10.9. The third-order valence-electron chi connectivity index (χ3n) is 4.97. The van der Waals surface area contributed by atoms with Crippen LogP contribution in [0.1, 0.15) is 79.2 Å². The van der Waals surface area contributed by atoms with E-state index in [1.165, 1.54) is 5.56 Å². The molecule has 0 heterocycles. The van der Waals surface area contributed by atoms with Crippen molar-refractivity contribution in [3.8, 4) is 0 Å². The Balaban J connectivity index is 2.20. The van der Waals surface area contributed by atoms with Gasteiger partial charge in [0.1, 0.15) is 0 Å². The lowest BCUT2D eigenvalue weighted by Crippen LogP contribution is -2.35. The van der Waals surface area contributed by atoms with Crippen molar-refractivity contribution in [1.29, 1.82) is 0 Å². The minimum Gasteiger partial charge on any atom is -0.373 e. The summed E-state index contributed by atoms with van der Waals surface area (Å²) in [4.78, 5) is 12.1. The smallest absolute Gasteiger partial charge is 0.238 e. The van der Waals surface area contributed by atoms with Crippen LogP contribution in [0.3, 0.4) is 0 Å². The summed E-state index contributed by atoms with van der Waals surface area (Å²) < 4.78 is 11.9. The Morgan fingerprint density at radius 1 is 0.966 bits per heavy atom. The summed E-state index contributed by atoms with van der Waals surface area (Å²) in [7, 11) is 0. The molecule has 0 bridgehead atoms. The van der Waals surface area contributed by atoms with E-state index < -0.39 is 0 Å². The first-order valence-electron chi connectivity index (χ1n) is 10.9. The van der Waals surface area contributed by atoms with E-state index in [1.807, 2.05) is 12.1 Å². The molecule has 0 aliphatic heterocycles. The molecule has 2 N–H and O–H groups in total. The summed E-state index contributed by atoms with van der Waals surface area (Å²) in [6.07, 6.45) is 2.98. The van der Waals surface area contributed by atoms with Crippen LogP contribution in [0, 0.1) is 0 Å². The number of benzene rings is 1. The molecule has 0 aromatic heterocycles. The zero-order valence-corrected chi connectivity index (χ0v) is 19.6. The highest BCUT2D eigenvalue weighted by atomic mass is 16.5. The molecule has 0 aliphatic rings. The molecule has 0 aliphatic carbocycles. The lowest BCUT2D eigenvalue weighted by atomic mass is 10.0. The first kappa shape index (κ1) is 25.6. The van der Waals surface area contributed by atoms with Crippen molar-refractivity contribution in [2.45, 2.75) is 84.8 Å². The summed E-state index contributed by atoms with van der Waals surface area (Å²) in [6.45, 7) is 17.0. The van der Waals surface area contributed by atoms with Gasteiger partial charge in [-0.15, -0.1) is 0 Å². The Bertz CT molecular complexity index is 595. The van der Waals surface area contributed by atoms with Gasteiger partial charge < -0.3 is 20.1 Å². The van der Waals surface area contributed by atoms with E-state index in [1.54, 1.807) is 0 Å². The predicted molar refractivity (Wildman–Crippen MR) is 122 cm³/mol. The van der Waals surface area contributed by atoms with Crippen LogP contribution in [0.15, 0.2) is 24.3 Å². The van der Waals surface area contributed by atoms with Crippen molar-refractivity contribution in [3.05, 3.63) is 29.8 Å². The Labute approximate surface area is 177 Å². The molecule has 0 saturated heterocycles. The molecule has 1 rings (SSSR count). The second-order valence-electron chi connectivity index (χ2n) is 9.22. The highest BCUT2D eigenvalue weighted by Gasteiger charge is 2.20. The van der Waals surface area contributed by atoms with E-state index in [9.17, 15) is 4.79 Å². The molecule has 1 aromatic rings. The Morgan fingerprint density at radius 3 is 2.03 bits per heavy atom. The number of carbonyl (C=O) groups excluding carboxylic acids is 1. The quantitative estimate of drug-likeness (QED) is 0.421. The van der Waals surface area contributed by atoms with E-state index in [2.05, 4.69) is 71.2 Å². The standard InChI is InChI=1S/C24H42N2O3/c1-8-13-23(4,5)28-16-17-29-24(6,7)14-15-25-18-22(27)26-21-11-9-20(10-12-21)19(2)3/h9-12,19,25H,8,13-18H2,1-7H3,(H,26,27). The maximum Gasteiger partial charge on any atom is 0.238 e. The van der Waals surface area contributed by atoms with Gasteiger partial charge in [0, 0.05) is 5.69 Å². The molecular formula is C24H42N2O3. The van der Waals surface area contributed by atoms with Crippen molar-refractivity contribution < 1.29 is 14.3 Å². The molecule has 5 heteroatoms. The van der Waals surface area contributed by atoms with E-state index in [0.29, 0.717) is 19.1 Å². The second-order valence-corrected chi connectivity index (χ2v) is 9.22. The van der Waals surface area contributed by atoms with E-state index in [4.69, 9.17) is 9.47 Å². The van der Waals surface area contributed by atoms with Gasteiger partial charge in [-0.05, 0) is 70.7 Å².